The van der Waals surface area contributed by atoms with Crippen LogP contribution in [0.3, 0.4) is 0 Å². The Morgan fingerprint density at radius 3 is 2.70 bits per heavy atom. The molecular formula is C17H24N2O. The number of para-hydroxylation sites is 1. The highest BCUT2D eigenvalue weighted by Crippen LogP contribution is 2.35. The molecule has 1 aromatic carbocycles. The first kappa shape index (κ1) is 13.5. The van der Waals surface area contributed by atoms with Crippen LogP contribution in [0.2, 0.25) is 0 Å². The average Bonchev–Trinajstić information content (AvgIpc) is 2.91. The van der Waals surface area contributed by atoms with E-state index in [2.05, 4.69) is 36.2 Å². The smallest absolute Gasteiger partial charge is 0.245 e. The van der Waals surface area contributed by atoms with Crippen molar-refractivity contribution in [2.24, 2.45) is 5.41 Å². The quantitative estimate of drug-likeness (QED) is 0.897. The lowest BCUT2D eigenvalue weighted by Gasteiger charge is -2.39. The van der Waals surface area contributed by atoms with Gasteiger partial charge in [0.1, 0.15) is 6.04 Å². The van der Waals surface area contributed by atoms with Crippen LogP contribution in [0.4, 0.5) is 5.69 Å². The third kappa shape index (κ3) is 2.41. The highest BCUT2D eigenvalue weighted by molar-refractivity contribution is 5.87. The van der Waals surface area contributed by atoms with Crippen LogP contribution in [0.15, 0.2) is 24.3 Å². The van der Waals surface area contributed by atoms with Gasteiger partial charge in [-0.2, -0.15) is 0 Å². The molecule has 0 aromatic heterocycles. The zero-order valence-corrected chi connectivity index (χ0v) is 12.5. The van der Waals surface area contributed by atoms with Crippen LogP contribution >= 0.6 is 0 Å². The maximum Gasteiger partial charge on any atom is 0.245 e. The summed E-state index contributed by atoms with van der Waals surface area (Å²) in [4.78, 5) is 14.7. The Balaban J connectivity index is 1.62. The maximum atomic E-state index is 12.6. The number of nitrogens with one attached hydrogen (secondary N) is 1. The summed E-state index contributed by atoms with van der Waals surface area (Å²) in [6.45, 7) is 6.43. The summed E-state index contributed by atoms with van der Waals surface area (Å²) in [5.74, 6) is 0.277. The van der Waals surface area contributed by atoms with Gasteiger partial charge < -0.3 is 10.2 Å². The molecule has 0 spiro atoms. The Labute approximate surface area is 121 Å². The molecule has 108 valence electrons. The topological polar surface area (TPSA) is 32.3 Å². The molecule has 0 bridgehead atoms. The number of rotatable bonds is 2. The van der Waals surface area contributed by atoms with Crippen molar-refractivity contribution in [1.82, 2.24) is 4.90 Å². The van der Waals surface area contributed by atoms with Crippen LogP contribution in [0.25, 0.3) is 0 Å². The third-order valence-electron chi connectivity index (χ3n) is 5.21. The molecule has 20 heavy (non-hydrogen) atoms. The standard InChI is InChI=1S/C17H24N2O/c1-3-17(2)8-10-19(11-9-17)16(20)15-12-13-6-4-5-7-14(13)18-15/h4-7,15,18H,3,8-12H2,1-2H3/t15-/m0/s1. The normalized spacial score (nSPS) is 24.1. The van der Waals surface area contributed by atoms with E-state index in [1.807, 2.05) is 12.1 Å². The highest BCUT2D eigenvalue weighted by Gasteiger charge is 2.34. The molecule has 1 aromatic rings. The number of carbonyl (C=O) groups is 1. The van der Waals surface area contributed by atoms with Crippen molar-refractivity contribution in [2.45, 2.75) is 45.6 Å². The zero-order valence-electron chi connectivity index (χ0n) is 12.5. The van der Waals surface area contributed by atoms with Gasteiger partial charge in [0.05, 0.1) is 0 Å². The van der Waals surface area contributed by atoms with E-state index in [0.717, 1.165) is 38.0 Å². The van der Waals surface area contributed by atoms with Crippen LogP contribution in [0, 0.1) is 5.41 Å². The van der Waals surface area contributed by atoms with Crippen molar-refractivity contribution in [3.63, 3.8) is 0 Å². The number of fused-ring (bicyclic) bond motifs is 1. The minimum atomic E-state index is -0.0571. The second kappa shape index (κ2) is 5.12. The van der Waals surface area contributed by atoms with Crippen molar-refractivity contribution in [2.75, 3.05) is 18.4 Å². The van der Waals surface area contributed by atoms with Crippen LogP contribution in [0.5, 0.6) is 0 Å². The summed E-state index contributed by atoms with van der Waals surface area (Å²) in [5.41, 5.74) is 2.82. The third-order valence-corrected chi connectivity index (χ3v) is 5.21. The van der Waals surface area contributed by atoms with E-state index in [1.54, 1.807) is 0 Å². The van der Waals surface area contributed by atoms with E-state index in [-0.39, 0.29) is 11.9 Å². The summed E-state index contributed by atoms with van der Waals surface area (Å²) in [5, 5.41) is 3.38. The molecule has 0 aliphatic carbocycles. The molecule has 1 saturated heterocycles. The molecule has 1 atom stereocenters. The number of hydrogen-bond donors (Lipinski definition) is 1. The Bertz CT molecular complexity index is 478. The summed E-state index contributed by atoms with van der Waals surface area (Å²) < 4.78 is 0. The first-order valence-corrected chi connectivity index (χ1v) is 7.74. The Morgan fingerprint density at radius 2 is 2.05 bits per heavy atom. The summed E-state index contributed by atoms with van der Waals surface area (Å²) in [7, 11) is 0. The van der Waals surface area contributed by atoms with Crippen LogP contribution in [-0.4, -0.2) is 29.9 Å². The Morgan fingerprint density at radius 1 is 1.35 bits per heavy atom. The molecule has 0 radical (unpaired) electrons. The maximum absolute atomic E-state index is 12.6. The average molecular weight is 272 g/mol. The predicted octanol–water partition coefficient (Wildman–Crippen LogP) is 3.06. The van der Waals surface area contributed by atoms with Gasteiger partial charge in [-0.05, 0) is 29.9 Å². The Kier molecular flexibility index (Phi) is 3.45. The van der Waals surface area contributed by atoms with Crippen molar-refractivity contribution in [3.8, 4) is 0 Å². The number of piperidine rings is 1. The van der Waals surface area contributed by atoms with E-state index in [9.17, 15) is 4.79 Å². The second-order valence-electron chi connectivity index (χ2n) is 6.55. The molecule has 3 nitrogen and oxygen atoms in total. The van der Waals surface area contributed by atoms with Gasteiger partial charge in [0, 0.05) is 25.2 Å². The predicted molar refractivity (Wildman–Crippen MR) is 81.8 cm³/mol. The summed E-state index contributed by atoms with van der Waals surface area (Å²) >= 11 is 0. The number of likely N-dealkylation sites (tertiary alicyclic amines) is 1. The first-order valence-electron chi connectivity index (χ1n) is 7.74. The molecule has 1 amide bonds. The van der Waals surface area contributed by atoms with E-state index < -0.39 is 0 Å². The fourth-order valence-electron chi connectivity index (χ4n) is 3.29. The molecule has 1 N–H and O–H groups in total. The van der Waals surface area contributed by atoms with E-state index in [4.69, 9.17) is 0 Å². The Hall–Kier alpha value is -1.51. The molecular weight excluding hydrogens is 248 g/mol. The number of hydrogen-bond acceptors (Lipinski definition) is 2. The lowest BCUT2D eigenvalue weighted by atomic mass is 9.78. The first-order chi connectivity index (χ1) is 9.61. The minimum Gasteiger partial charge on any atom is -0.373 e. The molecule has 2 aliphatic heterocycles. The molecule has 1 fully saturated rings. The molecule has 3 rings (SSSR count). The van der Waals surface area contributed by atoms with Gasteiger partial charge in [-0.1, -0.05) is 38.5 Å². The van der Waals surface area contributed by atoms with Crippen molar-refractivity contribution >= 4 is 11.6 Å². The largest absolute Gasteiger partial charge is 0.373 e. The van der Waals surface area contributed by atoms with E-state index in [0.29, 0.717) is 5.41 Å². The lowest BCUT2D eigenvalue weighted by molar-refractivity contribution is -0.134. The van der Waals surface area contributed by atoms with Crippen LogP contribution in [-0.2, 0) is 11.2 Å². The van der Waals surface area contributed by atoms with Gasteiger partial charge in [0.2, 0.25) is 5.91 Å². The summed E-state index contributed by atoms with van der Waals surface area (Å²) in [6.07, 6.45) is 4.31. The summed E-state index contributed by atoms with van der Waals surface area (Å²) in [6, 6.07) is 8.18. The number of anilines is 1. The van der Waals surface area contributed by atoms with Crippen molar-refractivity contribution < 1.29 is 4.79 Å². The minimum absolute atomic E-state index is 0.0571. The van der Waals surface area contributed by atoms with Gasteiger partial charge in [0.15, 0.2) is 0 Å². The molecule has 0 unspecified atom stereocenters. The van der Waals surface area contributed by atoms with Gasteiger partial charge in [0.25, 0.3) is 0 Å². The fraction of sp³-hybridized carbons (Fsp3) is 0.588. The van der Waals surface area contributed by atoms with Gasteiger partial charge >= 0.3 is 0 Å². The second-order valence-corrected chi connectivity index (χ2v) is 6.55. The number of benzene rings is 1. The highest BCUT2D eigenvalue weighted by atomic mass is 16.2. The number of carbonyl (C=O) groups excluding carboxylic acids is 1. The fourth-order valence-corrected chi connectivity index (χ4v) is 3.29. The lowest BCUT2D eigenvalue weighted by Crippen LogP contribution is -2.47. The van der Waals surface area contributed by atoms with Crippen molar-refractivity contribution in [3.05, 3.63) is 29.8 Å². The zero-order chi connectivity index (χ0) is 14.2. The number of nitrogens with zero attached hydrogens (tertiary/aromatic N) is 1. The molecule has 2 heterocycles. The molecule has 3 heteroatoms. The van der Waals surface area contributed by atoms with Gasteiger partial charge in [-0.25, -0.2) is 0 Å². The van der Waals surface area contributed by atoms with E-state index in [1.165, 1.54) is 12.0 Å². The monoisotopic (exact) mass is 272 g/mol. The molecule has 0 saturated carbocycles. The van der Waals surface area contributed by atoms with Crippen LogP contribution in [0.1, 0.15) is 38.7 Å². The van der Waals surface area contributed by atoms with Crippen molar-refractivity contribution in [1.29, 1.82) is 0 Å². The van der Waals surface area contributed by atoms with Gasteiger partial charge in [-0.3, -0.25) is 4.79 Å². The van der Waals surface area contributed by atoms with Gasteiger partial charge in [-0.15, -0.1) is 0 Å². The number of amides is 1. The SMILES string of the molecule is CCC1(C)CCN(C(=O)[C@@H]2Cc3ccccc3N2)CC1. The van der Waals surface area contributed by atoms with E-state index >= 15 is 0 Å². The molecule has 2 aliphatic rings. The van der Waals surface area contributed by atoms with Crippen LogP contribution < -0.4 is 5.32 Å².